The topological polar surface area (TPSA) is 108 Å². The van der Waals surface area contributed by atoms with Gasteiger partial charge in [0.25, 0.3) is 5.69 Å². The van der Waals surface area contributed by atoms with Crippen molar-refractivity contribution in [3.05, 3.63) is 27.8 Å². The lowest BCUT2D eigenvalue weighted by Crippen LogP contribution is -2.26. The third kappa shape index (κ3) is 2.09. The second kappa shape index (κ2) is 4.79. The van der Waals surface area contributed by atoms with Gasteiger partial charge in [0.1, 0.15) is 0 Å². The molecule has 0 bridgehead atoms. The molecule has 7 nitrogen and oxygen atoms in total. The van der Waals surface area contributed by atoms with Crippen LogP contribution in [0.1, 0.15) is 24.9 Å². The number of aliphatic hydroxyl groups is 1. The average Bonchev–Trinajstić information content (AvgIpc) is 2.82. The van der Waals surface area contributed by atoms with Gasteiger partial charge in [-0.3, -0.25) is 10.1 Å². The molecule has 98 valence electrons. The minimum atomic E-state index is -0.843. The first-order chi connectivity index (χ1) is 8.54. The molecule has 0 unspecified atom stereocenters. The van der Waals surface area contributed by atoms with Gasteiger partial charge in [-0.2, -0.15) is 0 Å². The van der Waals surface area contributed by atoms with Gasteiger partial charge in [0.15, 0.2) is 11.5 Å². The zero-order valence-corrected chi connectivity index (χ0v) is 9.83. The first-order valence-electron chi connectivity index (χ1n) is 5.56. The lowest BCUT2D eigenvalue weighted by atomic mass is 9.98. The molecule has 0 saturated carbocycles. The van der Waals surface area contributed by atoms with Crippen LogP contribution >= 0.6 is 0 Å². The first kappa shape index (κ1) is 12.6. The molecular weight excluding hydrogens is 240 g/mol. The normalized spacial score (nSPS) is 16.4. The van der Waals surface area contributed by atoms with E-state index < -0.39 is 17.1 Å². The third-order valence-corrected chi connectivity index (χ3v) is 2.91. The molecule has 0 saturated heterocycles. The molecular formula is C11H14N2O5. The Kier molecular flexibility index (Phi) is 3.35. The highest BCUT2D eigenvalue weighted by molar-refractivity contribution is 5.56. The van der Waals surface area contributed by atoms with Gasteiger partial charge in [0.05, 0.1) is 28.7 Å². The van der Waals surface area contributed by atoms with E-state index in [1.807, 2.05) is 0 Å². The van der Waals surface area contributed by atoms with Crippen molar-refractivity contribution < 1.29 is 19.5 Å². The number of rotatable bonds is 4. The molecule has 1 aromatic rings. The number of nitrogens with two attached hydrogens (primary N) is 1. The Morgan fingerprint density at radius 3 is 2.67 bits per heavy atom. The van der Waals surface area contributed by atoms with Crippen molar-refractivity contribution in [1.29, 1.82) is 0 Å². The van der Waals surface area contributed by atoms with Crippen LogP contribution in [0.2, 0.25) is 0 Å². The smallest absolute Gasteiger partial charge is 0.278 e. The largest absolute Gasteiger partial charge is 0.454 e. The van der Waals surface area contributed by atoms with Crippen molar-refractivity contribution >= 4 is 5.69 Å². The van der Waals surface area contributed by atoms with E-state index in [1.165, 1.54) is 12.1 Å². The van der Waals surface area contributed by atoms with Gasteiger partial charge in [-0.15, -0.1) is 0 Å². The molecule has 2 atom stereocenters. The number of hydrogen-bond donors (Lipinski definition) is 2. The van der Waals surface area contributed by atoms with Gasteiger partial charge < -0.3 is 20.3 Å². The molecule has 0 aromatic heterocycles. The summed E-state index contributed by atoms with van der Waals surface area (Å²) in [4.78, 5) is 10.5. The number of ether oxygens (including phenoxy) is 2. The van der Waals surface area contributed by atoms with Gasteiger partial charge in [-0.05, 0) is 12.5 Å². The fourth-order valence-electron chi connectivity index (χ4n) is 1.83. The Balaban J connectivity index is 2.47. The molecule has 7 heteroatoms. The van der Waals surface area contributed by atoms with Gasteiger partial charge in [0.2, 0.25) is 6.79 Å². The predicted octanol–water partition coefficient (Wildman–Crippen LogP) is 1.09. The lowest BCUT2D eigenvalue weighted by molar-refractivity contribution is -0.385. The molecule has 1 aliphatic heterocycles. The molecule has 1 heterocycles. The van der Waals surface area contributed by atoms with Crippen molar-refractivity contribution in [1.82, 2.24) is 0 Å². The molecule has 0 fully saturated rings. The summed E-state index contributed by atoms with van der Waals surface area (Å²) in [5.41, 5.74) is 5.91. The lowest BCUT2D eigenvalue weighted by Gasteiger charge is -2.17. The molecule has 0 spiro atoms. The Labute approximate surface area is 103 Å². The van der Waals surface area contributed by atoms with E-state index >= 15 is 0 Å². The minimum Gasteiger partial charge on any atom is -0.454 e. The molecule has 2 rings (SSSR count). The fourth-order valence-corrected chi connectivity index (χ4v) is 1.83. The SMILES string of the molecule is CC[C@H](O)[C@H](N)c1cc2c(cc1[N+](=O)[O-])OCO2. The number of benzene rings is 1. The second-order valence-electron chi connectivity index (χ2n) is 4.02. The maximum atomic E-state index is 11.0. The summed E-state index contributed by atoms with van der Waals surface area (Å²) < 4.78 is 10.2. The number of nitro benzene ring substituents is 1. The van der Waals surface area contributed by atoms with Crippen LogP contribution in [-0.2, 0) is 0 Å². The van der Waals surface area contributed by atoms with Crippen LogP contribution in [0.15, 0.2) is 12.1 Å². The summed E-state index contributed by atoms with van der Waals surface area (Å²) in [7, 11) is 0. The van der Waals surface area contributed by atoms with Gasteiger partial charge in [-0.25, -0.2) is 0 Å². The van der Waals surface area contributed by atoms with E-state index in [0.29, 0.717) is 17.9 Å². The van der Waals surface area contributed by atoms with E-state index in [4.69, 9.17) is 15.2 Å². The van der Waals surface area contributed by atoms with Crippen LogP contribution in [0.3, 0.4) is 0 Å². The van der Waals surface area contributed by atoms with Crippen LogP contribution < -0.4 is 15.2 Å². The fraction of sp³-hybridized carbons (Fsp3) is 0.455. The van der Waals surface area contributed by atoms with Crippen LogP contribution in [0, 0.1) is 10.1 Å². The highest BCUT2D eigenvalue weighted by Crippen LogP contribution is 2.40. The molecule has 18 heavy (non-hydrogen) atoms. The van der Waals surface area contributed by atoms with Crippen LogP contribution in [0.4, 0.5) is 5.69 Å². The van der Waals surface area contributed by atoms with Crippen molar-refractivity contribution in [2.24, 2.45) is 5.73 Å². The van der Waals surface area contributed by atoms with Crippen LogP contribution in [0.5, 0.6) is 11.5 Å². The molecule has 1 aromatic carbocycles. The minimum absolute atomic E-state index is 0.0293. The molecule has 1 aliphatic rings. The van der Waals surface area contributed by atoms with E-state index in [0.717, 1.165) is 0 Å². The average molecular weight is 254 g/mol. The van der Waals surface area contributed by atoms with Crippen molar-refractivity contribution in [3.63, 3.8) is 0 Å². The monoisotopic (exact) mass is 254 g/mol. The Bertz CT molecular complexity index is 477. The quantitative estimate of drug-likeness (QED) is 0.615. The van der Waals surface area contributed by atoms with Gasteiger partial charge in [-0.1, -0.05) is 6.92 Å². The van der Waals surface area contributed by atoms with E-state index in [2.05, 4.69) is 0 Å². The van der Waals surface area contributed by atoms with Crippen molar-refractivity contribution in [2.75, 3.05) is 6.79 Å². The summed E-state index contributed by atoms with van der Waals surface area (Å²) in [6, 6.07) is 1.91. The van der Waals surface area contributed by atoms with E-state index in [9.17, 15) is 15.2 Å². The first-order valence-corrected chi connectivity index (χ1v) is 5.56. The summed E-state index contributed by atoms with van der Waals surface area (Å²) in [6.07, 6.45) is -0.434. The molecule has 0 aliphatic carbocycles. The summed E-state index contributed by atoms with van der Waals surface area (Å²) in [5.74, 6) is 0.734. The zero-order chi connectivity index (χ0) is 13.3. The van der Waals surface area contributed by atoms with Crippen molar-refractivity contribution in [3.8, 4) is 11.5 Å². The highest BCUT2D eigenvalue weighted by Gasteiger charge is 2.29. The molecule has 3 N–H and O–H groups in total. The number of nitro groups is 1. The summed E-state index contributed by atoms with van der Waals surface area (Å²) in [5, 5.41) is 20.7. The maximum absolute atomic E-state index is 11.0. The Morgan fingerprint density at radius 1 is 1.50 bits per heavy atom. The highest BCUT2D eigenvalue weighted by atomic mass is 16.7. The Morgan fingerprint density at radius 2 is 2.11 bits per heavy atom. The number of hydrogen-bond acceptors (Lipinski definition) is 6. The maximum Gasteiger partial charge on any atom is 0.278 e. The van der Waals surface area contributed by atoms with Crippen LogP contribution in [-0.4, -0.2) is 22.9 Å². The van der Waals surface area contributed by atoms with Gasteiger partial charge in [0, 0.05) is 0 Å². The summed E-state index contributed by atoms with van der Waals surface area (Å²) >= 11 is 0. The summed E-state index contributed by atoms with van der Waals surface area (Å²) in [6.45, 7) is 1.78. The number of nitrogens with zero attached hydrogens (tertiary/aromatic N) is 1. The van der Waals surface area contributed by atoms with E-state index in [-0.39, 0.29) is 18.0 Å². The van der Waals surface area contributed by atoms with Crippen molar-refractivity contribution in [2.45, 2.75) is 25.5 Å². The third-order valence-electron chi connectivity index (χ3n) is 2.91. The van der Waals surface area contributed by atoms with Crippen LogP contribution in [0.25, 0.3) is 0 Å². The molecule has 0 amide bonds. The van der Waals surface area contributed by atoms with Gasteiger partial charge >= 0.3 is 0 Å². The number of aliphatic hydroxyl groups excluding tert-OH is 1. The standard InChI is InChI=1S/C11H14N2O5/c1-2-8(14)11(12)6-3-9-10(18-5-17-9)4-7(6)13(15)16/h3-4,8,11,14H,2,5,12H2,1H3/t8-,11+/m0/s1. The second-order valence-corrected chi connectivity index (χ2v) is 4.02. The molecule has 0 radical (unpaired) electrons. The number of fused-ring (bicyclic) bond motifs is 1. The Hall–Kier alpha value is -1.86. The predicted molar refractivity (Wildman–Crippen MR) is 62.4 cm³/mol. The van der Waals surface area contributed by atoms with E-state index in [1.54, 1.807) is 6.92 Å². The zero-order valence-electron chi connectivity index (χ0n) is 9.83.